The zero-order valence-electron chi connectivity index (χ0n) is 19.3. The number of benzene rings is 2. The summed E-state index contributed by atoms with van der Waals surface area (Å²) < 4.78 is 8.91. The molecule has 1 aliphatic rings. The lowest BCUT2D eigenvalue weighted by Crippen LogP contribution is -2.18. The number of imidazole rings is 1. The van der Waals surface area contributed by atoms with Gasteiger partial charge in [0, 0.05) is 18.5 Å². The SMILES string of the molecule is COC(=O)Cc1nc2c(N(P)P)nc3ccccc3c2n1Cc1ccc(CN2CCCC2)cc1. The highest BCUT2D eigenvalue weighted by atomic mass is 31.1. The fourth-order valence-corrected chi connectivity index (χ4v) is 5.04. The number of aromatic nitrogens is 3. The summed E-state index contributed by atoms with van der Waals surface area (Å²) in [7, 11) is 6.65. The van der Waals surface area contributed by atoms with Gasteiger partial charge in [-0.15, -0.1) is 0 Å². The fraction of sp³-hybridized carbons (Fsp3) is 0.320. The van der Waals surface area contributed by atoms with E-state index in [1.54, 1.807) is 4.44 Å². The third-order valence-corrected chi connectivity index (χ3v) is 6.88. The average molecular weight is 493 g/mol. The van der Waals surface area contributed by atoms with Gasteiger partial charge >= 0.3 is 5.97 Å². The number of para-hydroxylation sites is 1. The van der Waals surface area contributed by atoms with Crippen molar-refractivity contribution in [2.45, 2.75) is 32.4 Å². The molecule has 5 rings (SSSR count). The van der Waals surface area contributed by atoms with Gasteiger partial charge in [0.25, 0.3) is 0 Å². The Bertz CT molecular complexity index is 1330. The molecule has 176 valence electrons. The number of ether oxygens (including phenoxy) is 1. The molecule has 0 spiro atoms. The maximum Gasteiger partial charge on any atom is 0.313 e. The Kier molecular flexibility index (Phi) is 6.78. The van der Waals surface area contributed by atoms with Crippen LogP contribution in [0.5, 0.6) is 0 Å². The number of rotatable bonds is 7. The lowest BCUT2D eigenvalue weighted by atomic mass is 10.1. The van der Waals surface area contributed by atoms with Gasteiger partial charge in [0.15, 0.2) is 5.82 Å². The third-order valence-electron chi connectivity index (χ3n) is 6.39. The van der Waals surface area contributed by atoms with Crippen molar-refractivity contribution >= 4 is 52.5 Å². The molecule has 4 aromatic rings. The van der Waals surface area contributed by atoms with Crippen molar-refractivity contribution in [2.24, 2.45) is 0 Å². The summed E-state index contributed by atoms with van der Waals surface area (Å²) in [6, 6.07) is 16.8. The molecule has 1 saturated heterocycles. The zero-order valence-corrected chi connectivity index (χ0v) is 21.6. The molecule has 2 unspecified atom stereocenters. The number of fused-ring (bicyclic) bond motifs is 3. The number of carbonyl (C=O) groups is 1. The second kappa shape index (κ2) is 9.95. The number of esters is 1. The Morgan fingerprint density at radius 3 is 2.35 bits per heavy atom. The summed E-state index contributed by atoms with van der Waals surface area (Å²) in [4.78, 5) is 24.4. The zero-order chi connectivity index (χ0) is 23.7. The van der Waals surface area contributed by atoms with Crippen LogP contribution in [-0.4, -0.2) is 45.6 Å². The predicted octanol–water partition coefficient (Wildman–Crippen LogP) is 4.33. The molecule has 0 N–H and O–H groups in total. The fourth-order valence-electron chi connectivity index (χ4n) is 4.68. The van der Waals surface area contributed by atoms with E-state index in [1.165, 1.54) is 38.6 Å². The Morgan fingerprint density at radius 2 is 1.68 bits per heavy atom. The highest BCUT2D eigenvalue weighted by Gasteiger charge is 2.21. The van der Waals surface area contributed by atoms with Crippen molar-refractivity contribution in [3.05, 3.63) is 65.5 Å². The number of likely N-dealkylation sites (tertiary alicyclic amines) is 1. The molecule has 0 aliphatic carbocycles. The van der Waals surface area contributed by atoms with Crippen molar-refractivity contribution in [1.29, 1.82) is 0 Å². The molecule has 34 heavy (non-hydrogen) atoms. The summed E-state index contributed by atoms with van der Waals surface area (Å²) in [5, 5.41) is 1.01. The van der Waals surface area contributed by atoms with Crippen LogP contribution in [0.3, 0.4) is 0 Å². The van der Waals surface area contributed by atoms with Gasteiger partial charge in [-0.25, -0.2) is 9.97 Å². The van der Waals surface area contributed by atoms with Gasteiger partial charge in [0.2, 0.25) is 0 Å². The lowest BCUT2D eigenvalue weighted by molar-refractivity contribution is -0.139. The minimum Gasteiger partial charge on any atom is -0.469 e. The summed E-state index contributed by atoms with van der Waals surface area (Å²) in [5.74, 6) is 1.07. The molecular formula is C25H29N5O2P2. The van der Waals surface area contributed by atoms with Crippen LogP contribution in [0.2, 0.25) is 0 Å². The molecular weight excluding hydrogens is 464 g/mol. The average Bonchev–Trinajstić information content (AvgIpc) is 3.48. The second-order valence-corrected chi connectivity index (χ2v) is 10.4. The highest BCUT2D eigenvalue weighted by molar-refractivity contribution is 7.39. The number of hydrogen-bond donors (Lipinski definition) is 0. The van der Waals surface area contributed by atoms with E-state index in [0.717, 1.165) is 39.9 Å². The number of anilines is 1. The molecule has 0 saturated carbocycles. The van der Waals surface area contributed by atoms with Crippen LogP contribution in [0.15, 0.2) is 48.5 Å². The van der Waals surface area contributed by atoms with E-state index < -0.39 is 0 Å². The topological polar surface area (TPSA) is 63.5 Å². The van der Waals surface area contributed by atoms with E-state index in [2.05, 4.69) is 58.6 Å². The summed E-state index contributed by atoms with van der Waals surface area (Å²) >= 11 is 0. The minimum atomic E-state index is -0.315. The molecule has 2 aromatic carbocycles. The summed E-state index contributed by atoms with van der Waals surface area (Å²) in [5.41, 5.74) is 5.09. The number of pyridine rings is 1. The van der Waals surface area contributed by atoms with Gasteiger partial charge in [0.05, 0.1) is 18.1 Å². The van der Waals surface area contributed by atoms with Gasteiger partial charge < -0.3 is 13.7 Å². The molecule has 7 nitrogen and oxygen atoms in total. The Morgan fingerprint density at radius 1 is 1.00 bits per heavy atom. The van der Waals surface area contributed by atoms with Gasteiger partial charge in [-0.2, -0.15) is 0 Å². The molecule has 2 atom stereocenters. The van der Waals surface area contributed by atoms with Crippen molar-refractivity contribution < 1.29 is 9.53 Å². The van der Waals surface area contributed by atoms with E-state index in [-0.39, 0.29) is 12.4 Å². The van der Waals surface area contributed by atoms with Gasteiger partial charge in [-0.3, -0.25) is 9.69 Å². The maximum atomic E-state index is 12.2. The first-order valence-corrected chi connectivity index (χ1v) is 12.5. The summed E-state index contributed by atoms with van der Waals surface area (Å²) in [6.07, 6.45) is 2.69. The molecule has 0 amide bonds. The van der Waals surface area contributed by atoms with Gasteiger partial charge in [0.1, 0.15) is 17.8 Å². The Hall–Kier alpha value is -2.59. The standard InChI is InChI=1S/C25H29N5O2P2/c1-32-22(31)14-21-27-23-24(19-6-2-3-7-20(19)26-25(23)30(33)34)29(21)16-18-10-8-17(9-11-18)15-28-12-4-5-13-28/h2-3,6-11H,4-5,12-16,33-34H2,1H3. The van der Waals surface area contributed by atoms with E-state index in [4.69, 9.17) is 14.7 Å². The molecule has 9 heteroatoms. The van der Waals surface area contributed by atoms with Crippen molar-refractivity contribution in [1.82, 2.24) is 19.4 Å². The normalized spacial score (nSPS) is 14.2. The van der Waals surface area contributed by atoms with Crippen LogP contribution >= 0.6 is 18.8 Å². The van der Waals surface area contributed by atoms with E-state index in [1.807, 2.05) is 18.2 Å². The first-order chi connectivity index (χ1) is 16.5. The van der Waals surface area contributed by atoms with Crippen molar-refractivity contribution in [3.8, 4) is 0 Å². The van der Waals surface area contributed by atoms with Gasteiger partial charge in [-0.1, -0.05) is 42.5 Å². The number of hydrogen-bond acceptors (Lipinski definition) is 6. The number of nitrogens with zero attached hydrogens (tertiary/aromatic N) is 5. The lowest BCUT2D eigenvalue weighted by Gasteiger charge is -2.16. The predicted molar refractivity (Wildman–Crippen MR) is 143 cm³/mol. The quantitative estimate of drug-likeness (QED) is 0.282. The molecule has 3 heterocycles. The van der Waals surface area contributed by atoms with Crippen molar-refractivity contribution in [3.63, 3.8) is 0 Å². The smallest absolute Gasteiger partial charge is 0.313 e. The van der Waals surface area contributed by atoms with Crippen LogP contribution in [0, 0.1) is 0 Å². The van der Waals surface area contributed by atoms with Crippen LogP contribution in [-0.2, 0) is 29.0 Å². The molecule has 1 aliphatic heterocycles. The van der Waals surface area contributed by atoms with E-state index in [9.17, 15) is 4.79 Å². The molecule has 1 fully saturated rings. The first kappa shape index (κ1) is 23.2. The molecule has 0 radical (unpaired) electrons. The monoisotopic (exact) mass is 493 g/mol. The Balaban J connectivity index is 1.59. The summed E-state index contributed by atoms with van der Waals surface area (Å²) in [6.45, 7) is 3.98. The number of methoxy groups -OCH3 is 1. The van der Waals surface area contributed by atoms with E-state index in [0.29, 0.717) is 12.4 Å². The molecule has 0 bridgehead atoms. The van der Waals surface area contributed by atoms with Crippen LogP contribution in [0.1, 0.15) is 29.8 Å². The van der Waals surface area contributed by atoms with Crippen LogP contribution in [0.25, 0.3) is 21.9 Å². The van der Waals surface area contributed by atoms with Crippen LogP contribution < -0.4 is 4.44 Å². The maximum absolute atomic E-state index is 12.2. The van der Waals surface area contributed by atoms with Gasteiger partial charge in [-0.05, 0) is 61.9 Å². The highest BCUT2D eigenvalue weighted by Crippen LogP contribution is 2.35. The second-order valence-electron chi connectivity index (χ2n) is 8.72. The largest absolute Gasteiger partial charge is 0.469 e. The van der Waals surface area contributed by atoms with Crippen LogP contribution in [0.4, 0.5) is 5.82 Å². The number of carbonyl (C=O) groups excluding carboxylic acids is 1. The van der Waals surface area contributed by atoms with Crippen molar-refractivity contribution in [2.75, 3.05) is 24.6 Å². The Labute approximate surface area is 204 Å². The third kappa shape index (κ3) is 4.65. The minimum absolute atomic E-state index is 0.0969. The first-order valence-electron chi connectivity index (χ1n) is 11.5. The molecule has 2 aromatic heterocycles. The van der Waals surface area contributed by atoms with E-state index >= 15 is 0 Å².